The fraction of sp³-hybridized carbons (Fsp3) is 0.429. The van der Waals surface area contributed by atoms with Crippen molar-refractivity contribution in [1.29, 1.82) is 0 Å². The van der Waals surface area contributed by atoms with Crippen LogP contribution in [0, 0.1) is 6.92 Å². The number of hydrogen-bond acceptors (Lipinski definition) is 3. The predicted molar refractivity (Wildman–Crippen MR) is 76.4 cm³/mol. The van der Waals surface area contributed by atoms with Gasteiger partial charge in [-0.05, 0) is 32.4 Å². The Morgan fingerprint density at radius 3 is 2.47 bits per heavy atom. The summed E-state index contributed by atoms with van der Waals surface area (Å²) in [5.74, 6) is -0.871. The van der Waals surface area contributed by atoms with Gasteiger partial charge in [0.1, 0.15) is 6.54 Å². The molecule has 0 aliphatic heterocycles. The maximum absolute atomic E-state index is 12.0. The molecule has 0 heterocycles. The second-order valence-corrected chi connectivity index (χ2v) is 5.58. The van der Waals surface area contributed by atoms with E-state index in [-0.39, 0.29) is 24.2 Å². The third-order valence-corrected chi connectivity index (χ3v) is 3.85. The first-order chi connectivity index (χ1) is 8.91. The first-order valence-electron chi connectivity index (χ1n) is 6.11. The molecular weight excluding hydrogens is 262 g/mol. The van der Waals surface area contributed by atoms with Gasteiger partial charge in [0.2, 0.25) is 5.91 Å². The van der Waals surface area contributed by atoms with Gasteiger partial charge in [-0.25, -0.2) is 0 Å². The van der Waals surface area contributed by atoms with E-state index in [1.54, 1.807) is 0 Å². The van der Waals surface area contributed by atoms with E-state index in [0.29, 0.717) is 0 Å². The second kappa shape index (κ2) is 7.19. The van der Waals surface area contributed by atoms with Crippen LogP contribution in [0.4, 0.5) is 0 Å². The fourth-order valence-corrected chi connectivity index (χ4v) is 2.56. The van der Waals surface area contributed by atoms with Crippen molar-refractivity contribution in [1.82, 2.24) is 4.90 Å². The summed E-state index contributed by atoms with van der Waals surface area (Å²) in [6.07, 6.45) is 0. The van der Waals surface area contributed by atoms with Crippen LogP contribution in [0.2, 0.25) is 0 Å². The van der Waals surface area contributed by atoms with Gasteiger partial charge in [0.05, 0.1) is 5.75 Å². The molecule has 1 aromatic rings. The van der Waals surface area contributed by atoms with E-state index < -0.39 is 5.97 Å². The summed E-state index contributed by atoms with van der Waals surface area (Å²) in [7, 11) is 0. The highest BCUT2D eigenvalue weighted by atomic mass is 32.2. The number of nitrogens with zero attached hydrogens (tertiary/aromatic N) is 1. The fourth-order valence-electron chi connectivity index (χ4n) is 1.65. The number of aliphatic carboxylic acids is 1. The molecule has 0 bridgehead atoms. The second-order valence-electron chi connectivity index (χ2n) is 4.56. The lowest BCUT2D eigenvalue weighted by atomic mass is 10.2. The molecule has 0 saturated heterocycles. The number of thioether (sulfide) groups is 1. The molecule has 0 spiro atoms. The Bertz CT molecular complexity index is 460. The van der Waals surface area contributed by atoms with Crippen LogP contribution < -0.4 is 0 Å². The van der Waals surface area contributed by atoms with Crippen LogP contribution in [0.25, 0.3) is 0 Å². The molecule has 0 aromatic heterocycles. The lowest BCUT2D eigenvalue weighted by Crippen LogP contribution is -2.41. The van der Waals surface area contributed by atoms with Gasteiger partial charge in [0.25, 0.3) is 0 Å². The quantitative estimate of drug-likeness (QED) is 0.814. The van der Waals surface area contributed by atoms with E-state index in [1.165, 1.54) is 16.7 Å². The zero-order chi connectivity index (χ0) is 14.4. The molecule has 0 aliphatic rings. The van der Waals surface area contributed by atoms with Gasteiger partial charge in [0, 0.05) is 10.9 Å². The Labute approximate surface area is 117 Å². The summed E-state index contributed by atoms with van der Waals surface area (Å²) in [4.78, 5) is 25.2. The number of carboxylic acids is 1. The number of carboxylic acid groups (broad SMARTS) is 1. The molecule has 1 aromatic carbocycles. The predicted octanol–water partition coefficient (Wildman–Crippen LogP) is 2.41. The zero-order valence-corrected chi connectivity index (χ0v) is 12.2. The van der Waals surface area contributed by atoms with E-state index in [4.69, 9.17) is 5.11 Å². The normalized spacial score (nSPS) is 10.5. The van der Waals surface area contributed by atoms with Crippen LogP contribution in [0.15, 0.2) is 29.2 Å². The van der Waals surface area contributed by atoms with Gasteiger partial charge < -0.3 is 10.0 Å². The average molecular weight is 281 g/mol. The van der Waals surface area contributed by atoms with Crippen molar-refractivity contribution in [3.05, 3.63) is 29.8 Å². The number of benzene rings is 1. The molecule has 1 rings (SSSR count). The molecule has 5 heteroatoms. The van der Waals surface area contributed by atoms with Gasteiger partial charge >= 0.3 is 5.97 Å². The minimum atomic E-state index is -0.983. The molecule has 19 heavy (non-hydrogen) atoms. The third-order valence-electron chi connectivity index (χ3n) is 2.69. The topological polar surface area (TPSA) is 57.6 Å². The van der Waals surface area contributed by atoms with E-state index >= 15 is 0 Å². The molecule has 0 atom stereocenters. The van der Waals surface area contributed by atoms with Crippen molar-refractivity contribution >= 4 is 23.6 Å². The first-order valence-corrected chi connectivity index (χ1v) is 7.10. The number of carbonyl (C=O) groups is 2. The molecule has 0 saturated carbocycles. The molecule has 4 nitrogen and oxygen atoms in total. The minimum Gasteiger partial charge on any atom is -0.480 e. The van der Waals surface area contributed by atoms with Crippen LogP contribution in [0.5, 0.6) is 0 Å². The maximum Gasteiger partial charge on any atom is 0.323 e. The smallest absolute Gasteiger partial charge is 0.323 e. The molecule has 0 fully saturated rings. The van der Waals surface area contributed by atoms with Crippen LogP contribution in [0.3, 0.4) is 0 Å². The summed E-state index contributed by atoms with van der Waals surface area (Å²) in [6, 6.07) is 7.72. The minimum absolute atomic E-state index is 0.110. The van der Waals surface area contributed by atoms with E-state index in [1.807, 2.05) is 45.0 Å². The van der Waals surface area contributed by atoms with Crippen molar-refractivity contribution < 1.29 is 14.7 Å². The van der Waals surface area contributed by atoms with Crippen molar-refractivity contribution in [3.8, 4) is 0 Å². The number of amides is 1. The zero-order valence-electron chi connectivity index (χ0n) is 11.4. The molecule has 1 N–H and O–H groups in total. The summed E-state index contributed by atoms with van der Waals surface area (Å²) in [5, 5.41) is 8.81. The first kappa shape index (κ1) is 15.6. The van der Waals surface area contributed by atoms with E-state index in [9.17, 15) is 9.59 Å². The highest BCUT2D eigenvalue weighted by molar-refractivity contribution is 8.00. The highest BCUT2D eigenvalue weighted by Gasteiger charge is 2.19. The van der Waals surface area contributed by atoms with Gasteiger partial charge in [-0.2, -0.15) is 0 Å². The highest BCUT2D eigenvalue weighted by Crippen LogP contribution is 2.22. The number of carbonyl (C=O) groups excluding carboxylic acids is 1. The monoisotopic (exact) mass is 281 g/mol. The van der Waals surface area contributed by atoms with Gasteiger partial charge in [-0.1, -0.05) is 18.2 Å². The summed E-state index contributed by atoms with van der Waals surface area (Å²) in [5.41, 5.74) is 1.12. The molecular formula is C14H19NO3S. The summed E-state index contributed by atoms with van der Waals surface area (Å²) < 4.78 is 0. The Balaban J connectivity index is 2.63. The average Bonchev–Trinajstić information content (AvgIpc) is 2.34. The van der Waals surface area contributed by atoms with Crippen molar-refractivity contribution in [2.45, 2.75) is 31.7 Å². The van der Waals surface area contributed by atoms with E-state index in [0.717, 1.165) is 10.5 Å². The van der Waals surface area contributed by atoms with Crippen LogP contribution in [-0.2, 0) is 9.59 Å². The summed E-state index contributed by atoms with van der Waals surface area (Å²) in [6.45, 7) is 5.38. The van der Waals surface area contributed by atoms with Gasteiger partial charge in [-0.15, -0.1) is 11.8 Å². The van der Waals surface area contributed by atoms with Crippen LogP contribution >= 0.6 is 11.8 Å². The third kappa shape index (κ3) is 4.95. The standard InChI is InChI=1S/C14H19NO3S/c1-10(2)15(8-14(17)18)13(16)9-19-12-7-5-4-6-11(12)3/h4-7,10H,8-9H2,1-3H3,(H,17,18). The van der Waals surface area contributed by atoms with E-state index in [2.05, 4.69) is 0 Å². The molecule has 0 radical (unpaired) electrons. The molecule has 0 aliphatic carbocycles. The van der Waals surface area contributed by atoms with Crippen molar-refractivity contribution in [3.63, 3.8) is 0 Å². The molecule has 0 unspecified atom stereocenters. The Morgan fingerprint density at radius 1 is 1.32 bits per heavy atom. The maximum atomic E-state index is 12.0. The number of aryl methyl sites for hydroxylation is 1. The number of rotatable bonds is 6. The lowest BCUT2D eigenvalue weighted by Gasteiger charge is -2.24. The van der Waals surface area contributed by atoms with Gasteiger partial charge in [0.15, 0.2) is 0 Å². The van der Waals surface area contributed by atoms with Crippen LogP contribution in [0.1, 0.15) is 19.4 Å². The van der Waals surface area contributed by atoms with Gasteiger partial charge in [-0.3, -0.25) is 9.59 Å². The Kier molecular flexibility index (Phi) is 5.89. The lowest BCUT2D eigenvalue weighted by molar-refractivity contribution is -0.144. The summed E-state index contributed by atoms with van der Waals surface area (Å²) >= 11 is 1.44. The molecule has 104 valence electrons. The number of hydrogen-bond donors (Lipinski definition) is 1. The Morgan fingerprint density at radius 2 is 1.95 bits per heavy atom. The molecule has 1 amide bonds. The Hall–Kier alpha value is -1.49. The van der Waals surface area contributed by atoms with Crippen molar-refractivity contribution in [2.24, 2.45) is 0 Å². The largest absolute Gasteiger partial charge is 0.480 e. The van der Waals surface area contributed by atoms with Crippen LogP contribution in [-0.4, -0.2) is 40.2 Å². The SMILES string of the molecule is Cc1ccccc1SCC(=O)N(CC(=O)O)C(C)C. The van der Waals surface area contributed by atoms with Crippen molar-refractivity contribution in [2.75, 3.05) is 12.3 Å².